The van der Waals surface area contributed by atoms with Crippen LogP contribution in [0.1, 0.15) is 12.0 Å². The van der Waals surface area contributed by atoms with Crippen LogP contribution in [0.3, 0.4) is 0 Å². The molecule has 0 bridgehead atoms. The molecule has 0 heterocycles. The Morgan fingerprint density at radius 3 is 2.69 bits per heavy atom. The van der Waals surface area contributed by atoms with Crippen LogP contribution in [0.2, 0.25) is 0 Å². The van der Waals surface area contributed by atoms with Crippen LogP contribution in [0.25, 0.3) is 6.08 Å². The maximum atomic E-state index is 11.3. The van der Waals surface area contributed by atoms with Gasteiger partial charge < -0.3 is 5.73 Å². The van der Waals surface area contributed by atoms with Crippen LogP contribution >= 0.6 is 0 Å². The molecule has 86 valence electrons. The number of carbonyl (C=O) groups is 1. The summed E-state index contributed by atoms with van der Waals surface area (Å²) in [6.45, 7) is 0. The van der Waals surface area contributed by atoms with Crippen molar-refractivity contribution in [3.05, 3.63) is 35.9 Å². The topological polar surface area (TPSA) is 77.2 Å². The maximum absolute atomic E-state index is 11.3. The minimum atomic E-state index is -3.19. The molecule has 1 aromatic carbocycles. The van der Waals surface area contributed by atoms with Crippen molar-refractivity contribution in [3.8, 4) is 0 Å². The lowest BCUT2D eigenvalue weighted by Gasteiger charge is -1.99. The first-order chi connectivity index (χ1) is 7.39. The Labute approximate surface area is 94.7 Å². The van der Waals surface area contributed by atoms with Crippen LogP contribution in [0, 0.1) is 0 Å². The minimum Gasteiger partial charge on any atom is -0.369 e. The molecule has 5 heteroatoms. The lowest BCUT2D eigenvalue weighted by Crippen LogP contribution is -2.07. The van der Waals surface area contributed by atoms with Gasteiger partial charge in [-0.05, 0) is 17.7 Å². The Balaban J connectivity index is 2.92. The van der Waals surface area contributed by atoms with E-state index in [9.17, 15) is 13.2 Å². The summed E-state index contributed by atoms with van der Waals surface area (Å²) in [4.78, 5) is 10.7. The van der Waals surface area contributed by atoms with Gasteiger partial charge in [0.05, 0.1) is 4.90 Å². The summed E-state index contributed by atoms with van der Waals surface area (Å²) in [5.41, 5.74) is 5.70. The van der Waals surface area contributed by atoms with E-state index in [1.807, 2.05) is 0 Å². The number of hydrogen-bond acceptors (Lipinski definition) is 3. The number of benzene rings is 1. The first-order valence-corrected chi connectivity index (χ1v) is 6.54. The fourth-order valence-corrected chi connectivity index (χ4v) is 1.84. The Bertz CT molecular complexity index is 518. The average Bonchev–Trinajstić information content (AvgIpc) is 2.16. The first kappa shape index (κ1) is 12.4. The molecule has 1 amide bonds. The van der Waals surface area contributed by atoms with E-state index in [4.69, 9.17) is 5.73 Å². The molecule has 0 atom stereocenters. The number of primary amides is 1. The van der Waals surface area contributed by atoms with Gasteiger partial charge in [0.2, 0.25) is 5.91 Å². The zero-order chi connectivity index (χ0) is 12.2. The smallest absolute Gasteiger partial charge is 0.221 e. The van der Waals surface area contributed by atoms with Gasteiger partial charge in [-0.15, -0.1) is 0 Å². The highest BCUT2D eigenvalue weighted by Crippen LogP contribution is 2.12. The van der Waals surface area contributed by atoms with Crippen molar-refractivity contribution in [1.29, 1.82) is 0 Å². The average molecular weight is 239 g/mol. The molecule has 0 aliphatic carbocycles. The van der Waals surface area contributed by atoms with E-state index in [1.165, 1.54) is 6.07 Å². The second-order valence-electron chi connectivity index (χ2n) is 3.42. The lowest BCUT2D eigenvalue weighted by molar-refractivity contribution is -0.117. The summed E-state index contributed by atoms with van der Waals surface area (Å²) in [5.74, 6) is -0.421. The summed E-state index contributed by atoms with van der Waals surface area (Å²) in [6, 6.07) is 6.49. The molecule has 4 nitrogen and oxygen atoms in total. The first-order valence-electron chi connectivity index (χ1n) is 4.64. The van der Waals surface area contributed by atoms with Crippen molar-refractivity contribution in [3.63, 3.8) is 0 Å². The second kappa shape index (κ2) is 4.94. The number of sulfone groups is 1. The van der Waals surface area contributed by atoms with Crippen molar-refractivity contribution < 1.29 is 13.2 Å². The quantitative estimate of drug-likeness (QED) is 0.850. The van der Waals surface area contributed by atoms with Gasteiger partial charge in [0.25, 0.3) is 0 Å². The molecule has 0 aliphatic rings. The van der Waals surface area contributed by atoms with Crippen LogP contribution in [-0.2, 0) is 14.6 Å². The molecular formula is C11H13NO3S. The van der Waals surface area contributed by atoms with Gasteiger partial charge in [-0.25, -0.2) is 8.42 Å². The van der Waals surface area contributed by atoms with Gasteiger partial charge in [-0.2, -0.15) is 0 Å². The Kier molecular flexibility index (Phi) is 3.84. The Morgan fingerprint density at radius 1 is 1.44 bits per heavy atom. The molecule has 0 fully saturated rings. The molecule has 1 rings (SSSR count). The molecule has 2 N–H and O–H groups in total. The fourth-order valence-electron chi connectivity index (χ4n) is 1.16. The van der Waals surface area contributed by atoms with Gasteiger partial charge in [0.1, 0.15) is 0 Å². The van der Waals surface area contributed by atoms with Gasteiger partial charge in [-0.1, -0.05) is 24.3 Å². The van der Waals surface area contributed by atoms with Crippen molar-refractivity contribution >= 4 is 21.8 Å². The standard InChI is InChI=1S/C11H13NO3S/c1-16(14,15)10-6-2-4-9(8-10)5-3-7-11(12)13/h2-6,8H,7H2,1H3,(H2,12,13). The van der Waals surface area contributed by atoms with E-state index in [0.717, 1.165) is 11.8 Å². The molecule has 0 saturated heterocycles. The summed E-state index contributed by atoms with van der Waals surface area (Å²) < 4.78 is 22.5. The van der Waals surface area contributed by atoms with Gasteiger partial charge >= 0.3 is 0 Å². The number of rotatable bonds is 4. The molecule has 1 aromatic rings. The molecule has 0 saturated carbocycles. The summed E-state index contributed by atoms with van der Waals surface area (Å²) in [5, 5.41) is 0. The van der Waals surface area contributed by atoms with Crippen molar-refractivity contribution in [2.24, 2.45) is 5.73 Å². The van der Waals surface area contributed by atoms with E-state index in [1.54, 1.807) is 30.4 Å². The van der Waals surface area contributed by atoms with E-state index < -0.39 is 15.7 Å². The van der Waals surface area contributed by atoms with E-state index in [2.05, 4.69) is 0 Å². The van der Waals surface area contributed by atoms with Gasteiger partial charge in [0.15, 0.2) is 9.84 Å². The number of carbonyl (C=O) groups excluding carboxylic acids is 1. The van der Waals surface area contributed by atoms with Crippen LogP contribution < -0.4 is 5.73 Å². The summed E-state index contributed by atoms with van der Waals surface area (Å²) >= 11 is 0. The van der Waals surface area contributed by atoms with E-state index in [0.29, 0.717) is 0 Å². The van der Waals surface area contributed by atoms with Crippen LogP contribution in [0.15, 0.2) is 35.2 Å². The predicted molar refractivity (Wildman–Crippen MR) is 62.4 cm³/mol. The largest absolute Gasteiger partial charge is 0.369 e. The molecule has 0 unspecified atom stereocenters. The Morgan fingerprint density at radius 2 is 2.12 bits per heavy atom. The van der Waals surface area contributed by atoms with E-state index in [-0.39, 0.29) is 11.3 Å². The van der Waals surface area contributed by atoms with Crippen molar-refractivity contribution in [2.75, 3.05) is 6.26 Å². The van der Waals surface area contributed by atoms with Gasteiger partial charge in [-0.3, -0.25) is 4.79 Å². The molecule has 0 radical (unpaired) electrons. The predicted octanol–water partition coefficient (Wildman–Crippen LogP) is 0.979. The van der Waals surface area contributed by atoms with Crippen molar-refractivity contribution in [1.82, 2.24) is 0 Å². The minimum absolute atomic E-state index is 0.142. The highest BCUT2D eigenvalue weighted by molar-refractivity contribution is 7.90. The SMILES string of the molecule is CS(=O)(=O)c1cccc(C=CCC(N)=O)c1. The zero-order valence-corrected chi connectivity index (χ0v) is 9.70. The van der Waals surface area contributed by atoms with Crippen LogP contribution in [0.5, 0.6) is 0 Å². The highest BCUT2D eigenvalue weighted by Gasteiger charge is 2.05. The van der Waals surface area contributed by atoms with Gasteiger partial charge in [0, 0.05) is 12.7 Å². The second-order valence-corrected chi connectivity index (χ2v) is 5.43. The monoisotopic (exact) mass is 239 g/mol. The summed E-state index contributed by atoms with van der Waals surface area (Å²) in [7, 11) is -3.19. The third-order valence-electron chi connectivity index (χ3n) is 1.92. The molecule has 16 heavy (non-hydrogen) atoms. The normalized spacial score (nSPS) is 11.8. The van der Waals surface area contributed by atoms with Crippen LogP contribution in [-0.4, -0.2) is 20.6 Å². The number of nitrogens with two attached hydrogens (primary N) is 1. The van der Waals surface area contributed by atoms with Crippen molar-refractivity contribution in [2.45, 2.75) is 11.3 Å². The lowest BCUT2D eigenvalue weighted by atomic mass is 10.2. The molecule has 0 aromatic heterocycles. The number of amides is 1. The fraction of sp³-hybridized carbons (Fsp3) is 0.182. The van der Waals surface area contributed by atoms with Crippen LogP contribution in [0.4, 0.5) is 0 Å². The maximum Gasteiger partial charge on any atom is 0.221 e. The molecule has 0 aliphatic heterocycles. The summed E-state index contributed by atoms with van der Waals surface area (Å²) in [6.07, 6.45) is 4.56. The highest BCUT2D eigenvalue weighted by atomic mass is 32.2. The third kappa shape index (κ3) is 3.86. The zero-order valence-electron chi connectivity index (χ0n) is 8.88. The Hall–Kier alpha value is -1.62. The number of hydrogen-bond donors (Lipinski definition) is 1. The third-order valence-corrected chi connectivity index (χ3v) is 3.03. The van der Waals surface area contributed by atoms with E-state index >= 15 is 0 Å². The molecular weight excluding hydrogens is 226 g/mol. The molecule has 0 spiro atoms.